The van der Waals surface area contributed by atoms with E-state index in [0.29, 0.717) is 11.5 Å². The van der Waals surface area contributed by atoms with E-state index in [2.05, 4.69) is 9.97 Å². The maximum Gasteiger partial charge on any atom is 0.418 e. The number of pyridine rings is 1. The molecule has 2 aliphatic rings. The number of hydrogen-bond acceptors (Lipinski definition) is 11. The number of halogens is 6. The Kier molecular flexibility index (Phi) is 13.9. The van der Waals surface area contributed by atoms with Crippen LogP contribution in [0.25, 0.3) is 22.2 Å². The van der Waals surface area contributed by atoms with Crippen LogP contribution < -0.4 is 24.0 Å². The molecule has 0 bridgehead atoms. The highest BCUT2D eigenvalue weighted by Gasteiger charge is 2.40. The molecule has 0 saturated carbocycles. The van der Waals surface area contributed by atoms with Gasteiger partial charge in [0.2, 0.25) is 0 Å². The minimum atomic E-state index is -4.98. The Morgan fingerprint density at radius 2 is 1.52 bits per heavy atom. The summed E-state index contributed by atoms with van der Waals surface area (Å²) in [5.74, 6) is 0.397. The van der Waals surface area contributed by atoms with Crippen LogP contribution in [0.5, 0.6) is 17.5 Å². The average Bonchev–Trinajstić information content (AvgIpc) is 3.57. The molecule has 2 aliphatic heterocycles. The van der Waals surface area contributed by atoms with Crippen molar-refractivity contribution in [2.24, 2.45) is 0 Å². The highest BCUT2D eigenvalue weighted by molar-refractivity contribution is 6.34. The van der Waals surface area contributed by atoms with Gasteiger partial charge in [-0.3, -0.25) is 4.90 Å². The number of piperazine rings is 1. The van der Waals surface area contributed by atoms with Gasteiger partial charge in [-0.1, -0.05) is 35.9 Å². The Labute approximate surface area is 380 Å². The van der Waals surface area contributed by atoms with Crippen LogP contribution in [-0.4, -0.2) is 109 Å². The number of nitrogens with zero attached hydrogens (tertiary/aromatic N) is 7. The van der Waals surface area contributed by atoms with Crippen molar-refractivity contribution >= 4 is 40.2 Å². The second-order valence-electron chi connectivity index (χ2n) is 17.6. The second-order valence-corrected chi connectivity index (χ2v) is 18.0. The summed E-state index contributed by atoms with van der Waals surface area (Å²) in [5.41, 5.74) is -2.19. The van der Waals surface area contributed by atoms with Crippen molar-refractivity contribution in [3.8, 4) is 28.8 Å². The number of alkyl halides is 4. The van der Waals surface area contributed by atoms with E-state index in [9.17, 15) is 9.18 Å². The van der Waals surface area contributed by atoms with Crippen LogP contribution in [0.3, 0.4) is 0 Å². The lowest BCUT2D eigenvalue weighted by Crippen LogP contribution is -2.55. The van der Waals surface area contributed by atoms with E-state index in [0.717, 1.165) is 11.1 Å². The predicted molar refractivity (Wildman–Crippen MR) is 239 cm³/mol. The SMILES string of the molecule is COc1ccc(CN(Cc2ccc(OC)cc2)c2cc(C)c(C(F)(F)F)c(-c3c(Cl)cc4c(N5CCN(C(=O)OC(C)(C)C)C[C@@H]5C)nc(OC[C@@H]5C[C@@H](F)CN5C)nc4c3F)n2)cc1. The lowest BCUT2D eigenvalue weighted by molar-refractivity contribution is -0.137. The maximum atomic E-state index is 17.7. The largest absolute Gasteiger partial charge is 0.497 e. The van der Waals surface area contributed by atoms with Crippen molar-refractivity contribution in [1.82, 2.24) is 24.8 Å². The molecule has 2 saturated heterocycles. The van der Waals surface area contributed by atoms with Gasteiger partial charge in [-0.25, -0.2) is 18.6 Å². The molecule has 3 aromatic carbocycles. The molecule has 0 N–H and O–H groups in total. The zero-order valence-electron chi connectivity index (χ0n) is 37.6. The van der Waals surface area contributed by atoms with E-state index in [1.165, 1.54) is 19.1 Å². The molecule has 0 spiro atoms. The minimum Gasteiger partial charge on any atom is -0.497 e. The summed E-state index contributed by atoms with van der Waals surface area (Å²) in [6, 6.07) is 16.1. The lowest BCUT2D eigenvalue weighted by Gasteiger charge is -2.41. The van der Waals surface area contributed by atoms with E-state index in [-0.39, 0.29) is 97.5 Å². The van der Waals surface area contributed by atoms with Crippen LogP contribution in [0.15, 0.2) is 60.7 Å². The number of benzene rings is 3. The third kappa shape index (κ3) is 10.7. The molecular formula is C47H53ClF5N7O5. The second kappa shape index (κ2) is 19.0. The summed E-state index contributed by atoms with van der Waals surface area (Å²) in [4.78, 5) is 33.8. The van der Waals surface area contributed by atoms with Crippen molar-refractivity contribution in [3.05, 3.63) is 93.8 Å². The number of ether oxygens (including phenoxy) is 4. The van der Waals surface area contributed by atoms with E-state index in [1.807, 2.05) is 36.1 Å². The normalized spacial score (nSPS) is 18.3. The van der Waals surface area contributed by atoms with Gasteiger partial charge in [0.15, 0.2) is 5.82 Å². The number of amides is 1. The Morgan fingerprint density at radius 3 is 2.05 bits per heavy atom. The van der Waals surface area contributed by atoms with Crippen LogP contribution in [0.2, 0.25) is 5.02 Å². The van der Waals surface area contributed by atoms with Crippen molar-refractivity contribution in [2.75, 3.05) is 63.9 Å². The topological polar surface area (TPSA) is 106 Å². The summed E-state index contributed by atoms with van der Waals surface area (Å²) >= 11 is 6.96. The molecule has 7 rings (SSSR count). The van der Waals surface area contributed by atoms with Crippen LogP contribution >= 0.6 is 11.6 Å². The molecule has 1 amide bonds. The summed E-state index contributed by atoms with van der Waals surface area (Å²) in [5, 5.41) is -0.258. The van der Waals surface area contributed by atoms with Gasteiger partial charge in [0, 0.05) is 56.7 Å². The zero-order valence-corrected chi connectivity index (χ0v) is 38.4. The fourth-order valence-electron chi connectivity index (χ4n) is 8.28. The van der Waals surface area contributed by atoms with Crippen LogP contribution in [-0.2, 0) is 24.0 Å². The molecule has 18 heteroatoms. The fraction of sp³-hybridized carbons (Fsp3) is 0.447. The Morgan fingerprint density at radius 1 is 0.908 bits per heavy atom. The molecule has 4 heterocycles. The number of aryl methyl sites for hydroxylation is 1. The summed E-state index contributed by atoms with van der Waals surface area (Å²) in [6.45, 7) is 9.70. The monoisotopic (exact) mass is 925 g/mol. The summed E-state index contributed by atoms with van der Waals surface area (Å²) in [6.07, 6.45) is -6.35. The Bertz CT molecular complexity index is 2460. The number of hydrogen-bond donors (Lipinski definition) is 0. The highest BCUT2D eigenvalue weighted by Crippen LogP contribution is 2.46. The molecule has 0 aliphatic carbocycles. The van der Waals surface area contributed by atoms with E-state index in [1.54, 1.807) is 81.0 Å². The lowest BCUT2D eigenvalue weighted by atomic mass is 9.98. The van der Waals surface area contributed by atoms with Gasteiger partial charge in [-0.2, -0.15) is 23.1 Å². The zero-order chi connectivity index (χ0) is 47.0. The Balaban J connectivity index is 1.36. The Hall–Kier alpha value is -5.68. The van der Waals surface area contributed by atoms with Gasteiger partial charge in [-0.05, 0) is 101 Å². The number of likely N-dealkylation sites (tertiary alicyclic amines) is 1. The quantitative estimate of drug-likeness (QED) is 0.112. The number of anilines is 2. The smallest absolute Gasteiger partial charge is 0.418 e. The molecule has 2 aromatic heterocycles. The predicted octanol–water partition coefficient (Wildman–Crippen LogP) is 9.90. The van der Waals surface area contributed by atoms with Crippen LogP contribution in [0.1, 0.15) is 56.4 Å². The van der Waals surface area contributed by atoms with E-state index >= 15 is 17.6 Å². The molecule has 65 heavy (non-hydrogen) atoms. The molecular weight excluding hydrogens is 873 g/mol. The van der Waals surface area contributed by atoms with Gasteiger partial charge < -0.3 is 33.6 Å². The number of methoxy groups -OCH3 is 2. The number of rotatable bonds is 12. The third-order valence-electron chi connectivity index (χ3n) is 11.5. The molecule has 2 fully saturated rings. The third-order valence-corrected chi connectivity index (χ3v) is 11.8. The van der Waals surface area contributed by atoms with Gasteiger partial charge in [-0.15, -0.1) is 0 Å². The minimum absolute atomic E-state index is 0.0366. The number of aromatic nitrogens is 3. The van der Waals surface area contributed by atoms with Crippen molar-refractivity contribution < 1.29 is 45.7 Å². The number of carbonyl (C=O) groups excluding carboxylic acids is 1. The first kappa shape index (κ1) is 47.3. The summed E-state index contributed by atoms with van der Waals surface area (Å²) < 4.78 is 100. The first-order valence-corrected chi connectivity index (χ1v) is 21.6. The van der Waals surface area contributed by atoms with Crippen molar-refractivity contribution in [1.29, 1.82) is 0 Å². The first-order valence-electron chi connectivity index (χ1n) is 21.2. The van der Waals surface area contributed by atoms with Crippen LogP contribution in [0.4, 0.5) is 38.4 Å². The number of likely N-dealkylation sites (N-methyl/N-ethyl adjacent to an activating group) is 1. The standard InChI is InChI=1S/C47H53ClF5N7O5/c1-27-19-37(59(23-29-9-13-33(62-7)14-10-29)24-30-11-15-34(63-8)16-12-30)54-42(39(27)47(51,52)53)38-36(48)21-35-41(40(38)50)55-44(64-26-32-20-31(49)25-57(32)6)56-43(35)60-18-17-58(22-28(60)2)45(61)65-46(3,4)5/h9-16,19,21,28,31-32H,17-18,20,22-26H2,1-8H3/t28-,31+,32-/m0/s1. The van der Waals surface area contributed by atoms with Gasteiger partial charge in [0.1, 0.15) is 47.0 Å². The van der Waals surface area contributed by atoms with Crippen molar-refractivity contribution in [3.63, 3.8) is 0 Å². The number of carbonyl (C=O) groups is 1. The fourth-order valence-corrected chi connectivity index (χ4v) is 8.56. The number of fused-ring (bicyclic) bond motifs is 1. The first-order chi connectivity index (χ1) is 30.7. The van der Waals surface area contributed by atoms with Gasteiger partial charge in [0.25, 0.3) is 0 Å². The molecule has 12 nitrogen and oxygen atoms in total. The van der Waals surface area contributed by atoms with E-state index < -0.39 is 52.7 Å². The highest BCUT2D eigenvalue weighted by atomic mass is 35.5. The molecule has 348 valence electrons. The molecule has 0 unspecified atom stereocenters. The van der Waals surface area contributed by atoms with Crippen molar-refractivity contribution in [2.45, 2.75) is 84.2 Å². The summed E-state index contributed by atoms with van der Waals surface area (Å²) in [7, 11) is 4.86. The molecule has 5 aromatic rings. The average molecular weight is 926 g/mol. The molecule has 0 radical (unpaired) electrons. The maximum absolute atomic E-state index is 17.7. The van der Waals surface area contributed by atoms with E-state index in [4.69, 9.17) is 35.5 Å². The van der Waals surface area contributed by atoms with Gasteiger partial charge in [0.05, 0.1) is 36.1 Å². The van der Waals surface area contributed by atoms with Gasteiger partial charge >= 0.3 is 18.3 Å². The molecule has 3 atom stereocenters. The van der Waals surface area contributed by atoms with Crippen LogP contribution in [0, 0.1) is 12.7 Å².